The molecule has 1 amide bonds. The van der Waals surface area contributed by atoms with E-state index in [4.69, 9.17) is 5.73 Å². The molecule has 70 valence electrons. The molecule has 0 aliphatic heterocycles. The summed E-state index contributed by atoms with van der Waals surface area (Å²) in [7, 11) is 0. The van der Waals surface area contributed by atoms with E-state index in [1.165, 1.54) is 6.92 Å². The van der Waals surface area contributed by atoms with Gasteiger partial charge in [0, 0.05) is 17.0 Å². The second-order valence-corrected chi connectivity index (χ2v) is 2.72. The summed E-state index contributed by atoms with van der Waals surface area (Å²) in [6, 6.07) is 6.82. The Labute approximate surface area is 81.9 Å². The summed E-state index contributed by atoms with van der Waals surface area (Å²) >= 11 is 0. The Balaban J connectivity index is 3.16. The lowest BCUT2D eigenvalue weighted by molar-refractivity contribution is -0.112. The molecule has 1 aromatic rings. The number of Topliss-reactive ketones (excluding diaryl/α,β-unsaturated/α-hetero) is 1. The zero-order valence-electron chi connectivity index (χ0n) is 7.70. The highest BCUT2D eigenvalue weighted by Crippen LogP contribution is 2.07. The van der Waals surface area contributed by atoms with E-state index in [0.717, 1.165) is 0 Å². The molecule has 0 unspecified atom stereocenters. The highest BCUT2D eigenvalue weighted by molar-refractivity contribution is 5.98. The molecule has 0 heterocycles. The molecule has 14 heavy (non-hydrogen) atoms. The van der Waals surface area contributed by atoms with Crippen LogP contribution in [0.3, 0.4) is 0 Å². The number of ketones is 1. The average Bonchev–Trinajstić information content (AvgIpc) is 2.15. The molecule has 0 saturated carbocycles. The van der Waals surface area contributed by atoms with Gasteiger partial charge in [0.2, 0.25) is 0 Å². The second-order valence-electron chi connectivity index (χ2n) is 2.72. The predicted molar refractivity (Wildman–Crippen MR) is 52.5 cm³/mol. The molecule has 0 aromatic heterocycles. The molecule has 0 radical (unpaired) electrons. The van der Waals surface area contributed by atoms with Crippen molar-refractivity contribution >= 4 is 11.7 Å². The third-order valence-electron chi connectivity index (χ3n) is 1.63. The fourth-order valence-corrected chi connectivity index (χ4v) is 1.03. The van der Waals surface area contributed by atoms with Crippen LogP contribution in [0.25, 0.3) is 0 Å². The van der Waals surface area contributed by atoms with Gasteiger partial charge in [-0.1, -0.05) is 24.1 Å². The number of primary amides is 1. The predicted octanol–water partition coefficient (Wildman–Crippen LogP) is 0.726. The maximum Gasteiger partial charge on any atom is 0.293 e. The van der Waals surface area contributed by atoms with Crippen molar-refractivity contribution in [3.8, 4) is 11.8 Å². The minimum absolute atomic E-state index is 0.0839. The standard InChI is InChI=1S/C11H9NO2/c1-8(13)10-5-3-2-4-9(10)6-7-11(12)14/h2-5H,1H3,(H2,12,14). The summed E-state index contributed by atoms with van der Waals surface area (Å²) in [6.07, 6.45) is 0. The van der Waals surface area contributed by atoms with Crippen molar-refractivity contribution in [2.75, 3.05) is 0 Å². The van der Waals surface area contributed by atoms with Crippen LogP contribution < -0.4 is 5.73 Å². The Bertz CT molecular complexity index is 438. The molecule has 0 spiro atoms. The molecule has 0 atom stereocenters. The Hall–Kier alpha value is -2.08. The van der Waals surface area contributed by atoms with Gasteiger partial charge in [0.05, 0.1) is 0 Å². The molecule has 3 heteroatoms. The number of benzene rings is 1. The van der Waals surface area contributed by atoms with E-state index in [9.17, 15) is 9.59 Å². The fraction of sp³-hybridized carbons (Fsp3) is 0.0909. The summed E-state index contributed by atoms with van der Waals surface area (Å²) in [6.45, 7) is 1.45. The molecule has 0 aliphatic carbocycles. The molecular formula is C11H9NO2. The average molecular weight is 187 g/mol. The fourth-order valence-electron chi connectivity index (χ4n) is 1.03. The van der Waals surface area contributed by atoms with E-state index in [1.807, 2.05) is 0 Å². The molecule has 0 fully saturated rings. The minimum atomic E-state index is -0.705. The van der Waals surface area contributed by atoms with Gasteiger partial charge in [-0.2, -0.15) is 0 Å². The van der Waals surface area contributed by atoms with Crippen LogP contribution in [0.4, 0.5) is 0 Å². The second kappa shape index (κ2) is 4.24. The monoisotopic (exact) mass is 187 g/mol. The van der Waals surface area contributed by atoms with Crippen molar-refractivity contribution in [2.24, 2.45) is 5.73 Å². The van der Waals surface area contributed by atoms with Crippen LogP contribution in [0.15, 0.2) is 24.3 Å². The van der Waals surface area contributed by atoms with Crippen LogP contribution in [0.5, 0.6) is 0 Å². The van der Waals surface area contributed by atoms with E-state index in [-0.39, 0.29) is 5.78 Å². The van der Waals surface area contributed by atoms with Gasteiger partial charge in [-0.05, 0) is 13.0 Å². The Morgan fingerprint density at radius 3 is 2.50 bits per heavy atom. The Kier molecular flexibility index (Phi) is 3.03. The van der Waals surface area contributed by atoms with Crippen LogP contribution in [0, 0.1) is 11.8 Å². The lowest BCUT2D eigenvalue weighted by Crippen LogP contribution is -2.06. The number of hydrogen-bond donors (Lipinski definition) is 1. The molecule has 2 N–H and O–H groups in total. The first-order chi connectivity index (χ1) is 6.61. The largest absolute Gasteiger partial charge is 0.359 e. The third-order valence-corrected chi connectivity index (χ3v) is 1.63. The summed E-state index contributed by atoms with van der Waals surface area (Å²) in [5.74, 6) is 3.95. The molecule has 0 bridgehead atoms. The molecular weight excluding hydrogens is 178 g/mol. The van der Waals surface area contributed by atoms with Crippen molar-refractivity contribution in [1.29, 1.82) is 0 Å². The van der Waals surface area contributed by atoms with Crippen molar-refractivity contribution in [2.45, 2.75) is 6.92 Å². The molecule has 0 saturated heterocycles. The van der Waals surface area contributed by atoms with E-state index >= 15 is 0 Å². The first-order valence-corrected chi connectivity index (χ1v) is 4.02. The van der Waals surface area contributed by atoms with Crippen molar-refractivity contribution < 1.29 is 9.59 Å². The van der Waals surface area contributed by atoms with Crippen molar-refractivity contribution in [1.82, 2.24) is 0 Å². The van der Waals surface area contributed by atoms with Crippen LogP contribution in [0.1, 0.15) is 22.8 Å². The van der Waals surface area contributed by atoms with Crippen LogP contribution in [-0.2, 0) is 4.79 Å². The maximum atomic E-state index is 11.1. The lowest BCUT2D eigenvalue weighted by atomic mass is 10.1. The summed E-state index contributed by atoms with van der Waals surface area (Å²) in [4.78, 5) is 21.5. The van der Waals surface area contributed by atoms with Gasteiger partial charge in [-0.25, -0.2) is 0 Å². The van der Waals surface area contributed by atoms with Crippen LogP contribution >= 0.6 is 0 Å². The normalized spacial score (nSPS) is 8.64. The highest BCUT2D eigenvalue weighted by Gasteiger charge is 2.02. The zero-order chi connectivity index (χ0) is 10.6. The van der Waals surface area contributed by atoms with E-state index in [0.29, 0.717) is 11.1 Å². The third kappa shape index (κ3) is 2.46. The molecule has 3 nitrogen and oxygen atoms in total. The van der Waals surface area contributed by atoms with Gasteiger partial charge >= 0.3 is 0 Å². The van der Waals surface area contributed by atoms with Crippen LogP contribution in [-0.4, -0.2) is 11.7 Å². The summed E-state index contributed by atoms with van der Waals surface area (Å²) < 4.78 is 0. The van der Waals surface area contributed by atoms with Crippen molar-refractivity contribution in [3.63, 3.8) is 0 Å². The SMILES string of the molecule is CC(=O)c1ccccc1C#CC(N)=O. The van der Waals surface area contributed by atoms with Gasteiger partial charge in [0.25, 0.3) is 5.91 Å². The van der Waals surface area contributed by atoms with Gasteiger partial charge in [0.1, 0.15) is 0 Å². The molecule has 1 aromatic carbocycles. The highest BCUT2D eigenvalue weighted by atomic mass is 16.1. The minimum Gasteiger partial charge on any atom is -0.359 e. The van der Waals surface area contributed by atoms with E-state index in [1.54, 1.807) is 24.3 Å². The smallest absolute Gasteiger partial charge is 0.293 e. The Morgan fingerprint density at radius 2 is 1.93 bits per heavy atom. The van der Waals surface area contributed by atoms with Crippen LogP contribution in [0.2, 0.25) is 0 Å². The molecule has 0 aliphatic rings. The summed E-state index contributed by atoms with van der Waals surface area (Å²) in [5, 5.41) is 0. The quantitative estimate of drug-likeness (QED) is 0.520. The maximum absolute atomic E-state index is 11.1. The topological polar surface area (TPSA) is 60.2 Å². The number of nitrogens with two attached hydrogens (primary N) is 1. The number of carbonyl (C=O) groups is 2. The molecule has 1 rings (SSSR count). The first-order valence-electron chi connectivity index (χ1n) is 4.02. The van der Waals surface area contributed by atoms with Gasteiger partial charge in [0.15, 0.2) is 5.78 Å². The van der Waals surface area contributed by atoms with Gasteiger partial charge in [-0.15, -0.1) is 0 Å². The number of hydrogen-bond acceptors (Lipinski definition) is 2. The zero-order valence-corrected chi connectivity index (χ0v) is 7.70. The Morgan fingerprint density at radius 1 is 1.29 bits per heavy atom. The number of carbonyl (C=O) groups excluding carboxylic acids is 2. The van der Waals surface area contributed by atoms with E-state index < -0.39 is 5.91 Å². The summed E-state index contributed by atoms with van der Waals surface area (Å²) in [5.41, 5.74) is 5.90. The lowest BCUT2D eigenvalue weighted by Gasteiger charge is -1.97. The number of rotatable bonds is 1. The van der Waals surface area contributed by atoms with E-state index in [2.05, 4.69) is 11.8 Å². The number of amides is 1. The van der Waals surface area contributed by atoms with Gasteiger partial charge in [-0.3, -0.25) is 9.59 Å². The van der Waals surface area contributed by atoms with Crippen molar-refractivity contribution in [3.05, 3.63) is 35.4 Å². The van der Waals surface area contributed by atoms with Gasteiger partial charge < -0.3 is 5.73 Å². The first kappa shape index (κ1) is 10.0.